The number of hydrogen-bond donors (Lipinski definition) is 2. The maximum absolute atomic E-state index is 11.0. The molecule has 0 saturated carbocycles. The van der Waals surface area contributed by atoms with E-state index in [2.05, 4.69) is 10.3 Å². The molecule has 5 nitrogen and oxygen atoms in total. The minimum atomic E-state index is -1.05. The summed E-state index contributed by atoms with van der Waals surface area (Å²) in [6.07, 6.45) is 0. The number of aromatic nitrogens is 1. The molecular weight excluding hydrogens is 280 g/mol. The van der Waals surface area contributed by atoms with Crippen molar-refractivity contribution in [3.05, 3.63) is 53.2 Å². The second kappa shape index (κ2) is 6.77. The van der Waals surface area contributed by atoms with Gasteiger partial charge in [-0.1, -0.05) is 29.8 Å². The summed E-state index contributed by atoms with van der Waals surface area (Å²) in [4.78, 5) is 15.0. The van der Waals surface area contributed by atoms with Gasteiger partial charge in [-0.25, -0.2) is 9.78 Å². The number of nitrogens with zero attached hydrogens (tertiary/aromatic N) is 1. The van der Waals surface area contributed by atoms with E-state index in [-0.39, 0.29) is 16.5 Å². The minimum Gasteiger partial charge on any atom is -0.492 e. The second-order valence-corrected chi connectivity index (χ2v) is 4.31. The third-order valence-corrected chi connectivity index (χ3v) is 2.71. The molecule has 0 saturated heterocycles. The van der Waals surface area contributed by atoms with Crippen LogP contribution in [0.3, 0.4) is 0 Å². The summed E-state index contributed by atoms with van der Waals surface area (Å²) < 4.78 is 5.49. The van der Waals surface area contributed by atoms with Crippen LogP contribution in [0.15, 0.2) is 42.5 Å². The summed E-state index contributed by atoms with van der Waals surface area (Å²) in [7, 11) is 0. The number of ether oxygens (including phenoxy) is 1. The van der Waals surface area contributed by atoms with Crippen LogP contribution in [0.2, 0.25) is 5.15 Å². The molecule has 2 N–H and O–H groups in total. The topological polar surface area (TPSA) is 71.5 Å². The van der Waals surface area contributed by atoms with Gasteiger partial charge in [0.1, 0.15) is 28.9 Å². The Morgan fingerprint density at radius 2 is 2.00 bits per heavy atom. The molecule has 2 aromatic rings. The number of anilines is 1. The van der Waals surface area contributed by atoms with Gasteiger partial charge >= 0.3 is 5.97 Å². The van der Waals surface area contributed by atoms with Crippen LogP contribution >= 0.6 is 11.6 Å². The number of halogens is 1. The van der Waals surface area contributed by atoms with E-state index in [0.717, 1.165) is 5.75 Å². The normalized spacial score (nSPS) is 10.1. The zero-order valence-corrected chi connectivity index (χ0v) is 11.3. The van der Waals surface area contributed by atoms with Crippen LogP contribution in [0.25, 0.3) is 0 Å². The molecule has 1 aromatic heterocycles. The Kier molecular flexibility index (Phi) is 4.79. The lowest BCUT2D eigenvalue weighted by atomic mass is 10.2. The predicted octanol–water partition coefficient (Wildman–Crippen LogP) is 2.92. The van der Waals surface area contributed by atoms with Crippen molar-refractivity contribution in [2.75, 3.05) is 18.5 Å². The fourth-order valence-electron chi connectivity index (χ4n) is 1.60. The fourth-order valence-corrected chi connectivity index (χ4v) is 1.75. The first-order chi connectivity index (χ1) is 9.66. The lowest BCUT2D eigenvalue weighted by molar-refractivity contribution is 0.0697. The van der Waals surface area contributed by atoms with Crippen molar-refractivity contribution in [1.29, 1.82) is 0 Å². The van der Waals surface area contributed by atoms with Gasteiger partial charge in [-0.05, 0) is 24.3 Å². The highest BCUT2D eigenvalue weighted by atomic mass is 35.5. The summed E-state index contributed by atoms with van der Waals surface area (Å²) >= 11 is 5.75. The summed E-state index contributed by atoms with van der Waals surface area (Å²) in [5.41, 5.74) is 0.0779. The first-order valence-corrected chi connectivity index (χ1v) is 6.36. The average Bonchev–Trinajstić information content (AvgIpc) is 2.44. The molecule has 0 amide bonds. The van der Waals surface area contributed by atoms with Crippen molar-refractivity contribution < 1.29 is 14.6 Å². The van der Waals surface area contributed by atoms with E-state index in [1.807, 2.05) is 30.3 Å². The van der Waals surface area contributed by atoms with Crippen molar-refractivity contribution >= 4 is 23.4 Å². The Morgan fingerprint density at radius 3 is 2.70 bits per heavy atom. The molecule has 0 unspecified atom stereocenters. The number of para-hydroxylation sites is 1. The zero-order chi connectivity index (χ0) is 14.4. The molecule has 0 aliphatic heterocycles. The van der Waals surface area contributed by atoms with Gasteiger partial charge in [0.2, 0.25) is 0 Å². The summed E-state index contributed by atoms with van der Waals surface area (Å²) in [5, 5.41) is 12.2. The van der Waals surface area contributed by atoms with Crippen molar-refractivity contribution in [3.63, 3.8) is 0 Å². The lowest BCUT2D eigenvalue weighted by Crippen LogP contribution is -2.15. The standard InChI is InChI=1S/C14H13ClN2O3/c15-12-7-6-11(14(18)19)13(17-12)16-8-9-20-10-4-2-1-3-5-10/h1-7H,8-9H2,(H,16,17)(H,18,19). The number of carbonyl (C=O) groups is 1. The number of carboxylic acids is 1. The van der Waals surface area contributed by atoms with Crippen LogP contribution in [0, 0.1) is 0 Å². The van der Waals surface area contributed by atoms with Gasteiger partial charge in [0.25, 0.3) is 0 Å². The number of carboxylic acid groups (broad SMARTS) is 1. The van der Waals surface area contributed by atoms with E-state index in [1.165, 1.54) is 12.1 Å². The Morgan fingerprint density at radius 1 is 1.25 bits per heavy atom. The number of nitrogens with one attached hydrogen (secondary N) is 1. The lowest BCUT2D eigenvalue weighted by Gasteiger charge is -2.10. The van der Waals surface area contributed by atoms with Gasteiger partial charge in [0, 0.05) is 0 Å². The van der Waals surface area contributed by atoms with E-state index in [9.17, 15) is 4.79 Å². The van der Waals surface area contributed by atoms with E-state index in [4.69, 9.17) is 21.4 Å². The molecule has 6 heteroatoms. The number of hydrogen-bond acceptors (Lipinski definition) is 4. The average molecular weight is 293 g/mol. The summed E-state index contributed by atoms with van der Waals surface area (Å²) in [6.45, 7) is 0.805. The van der Waals surface area contributed by atoms with E-state index in [0.29, 0.717) is 13.2 Å². The molecule has 0 radical (unpaired) electrons. The van der Waals surface area contributed by atoms with Crippen LogP contribution < -0.4 is 10.1 Å². The Balaban J connectivity index is 1.91. The van der Waals surface area contributed by atoms with Gasteiger partial charge in [-0.15, -0.1) is 0 Å². The Labute approximate surface area is 121 Å². The van der Waals surface area contributed by atoms with Gasteiger partial charge in [0.05, 0.1) is 6.54 Å². The molecule has 1 aromatic carbocycles. The third kappa shape index (κ3) is 3.86. The van der Waals surface area contributed by atoms with E-state index >= 15 is 0 Å². The highest BCUT2D eigenvalue weighted by Gasteiger charge is 2.11. The molecular formula is C14H13ClN2O3. The maximum atomic E-state index is 11.0. The number of pyridine rings is 1. The number of benzene rings is 1. The molecule has 0 fully saturated rings. The number of rotatable bonds is 6. The maximum Gasteiger partial charge on any atom is 0.339 e. The van der Waals surface area contributed by atoms with Crippen molar-refractivity contribution in [2.24, 2.45) is 0 Å². The molecule has 2 rings (SSSR count). The van der Waals surface area contributed by atoms with Gasteiger partial charge in [-0.2, -0.15) is 0 Å². The van der Waals surface area contributed by atoms with Crippen molar-refractivity contribution in [2.45, 2.75) is 0 Å². The van der Waals surface area contributed by atoms with Crippen molar-refractivity contribution in [1.82, 2.24) is 4.98 Å². The van der Waals surface area contributed by atoms with Crippen LogP contribution in [-0.4, -0.2) is 29.2 Å². The molecule has 0 aliphatic carbocycles. The zero-order valence-electron chi connectivity index (χ0n) is 10.5. The molecule has 0 aliphatic rings. The first-order valence-electron chi connectivity index (χ1n) is 5.98. The van der Waals surface area contributed by atoms with Gasteiger partial charge in [0.15, 0.2) is 0 Å². The number of aromatic carboxylic acids is 1. The molecule has 0 bridgehead atoms. The van der Waals surface area contributed by atoms with Crippen LogP contribution in [0.1, 0.15) is 10.4 Å². The fraction of sp³-hybridized carbons (Fsp3) is 0.143. The highest BCUT2D eigenvalue weighted by Crippen LogP contribution is 2.16. The van der Waals surface area contributed by atoms with E-state index < -0.39 is 5.97 Å². The van der Waals surface area contributed by atoms with Crippen LogP contribution in [-0.2, 0) is 0 Å². The van der Waals surface area contributed by atoms with Crippen molar-refractivity contribution in [3.8, 4) is 5.75 Å². The molecule has 20 heavy (non-hydrogen) atoms. The Bertz CT molecular complexity index is 590. The Hall–Kier alpha value is -2.27. The molecule has 0 atom stereocenters. The summed E-state index contributed by atoms with van der Waals surface area (Å²) in [6, 6.07) is 12.2. The first kappa shape index (κ1) is 14.1. The van der Waals surface area contributed by atoms with Gasteiger partial charge in [-0.3, -0.25) is 0 Å². The quantitative estimate of drug-likeness (QED) is 0.633. The monoisotopic (exact) mass is 292 g/mol. The van der Waals surface area contributed by atoms with Gasteiger partial charge < -0.3 is 15.2 Å². The predicted molar refractivity (Wildman–Crippen MR) is 76.6 cm³/mol. The third-order valence-electron chi connectivity index (χ3n) is 2.50. The highest BCUT2D eigenvalue weighted by molar-refractivity contribution is 6.29. The second-order valence-electron chi connectivity index (χ2n) is 3.92. The largest absolute Gasteiger partial charge is 0.492 e. The van der Waals surface area contributed by atoms with Crippen LogP contribution in [0.5, 0.6) is 5.75 Å². The van der Waals surface area contributed by atoms with Crippen LogP contribution in [0.4, 0.5) is 5.82 Å². The minimum absolute atomic E-state index is 0.0779. The summed E-state index contributed by atoms with van der Waals surface area (Å²) in [5.74, 6) is -0.0610. The molecule has 104 valence electrons. The molecule has 0 spiro atoms. The smallest absolute Gasteiger partial charge is 0.339 e. The SMILES string of the molecule is O=C(O)c1ccc(Cl)nc1NCCOc1ccccc1. The molecule has 1 heterocycles. The van der Waals surface area contributed by atoms with E-state index in [1.54, 1.807) is 0 Å².